The summed E-state index contributed by atoms with van der Waals surface area (Å²) in [6.07, 6.45) is 4.74. The van der Waals surface area contributed by atoms with Gasteiger partial charge >= 0.3 is 0 Å². The minimum absolute atomic E-state index is 0.198. The van der Waals surface area contributed by atoms with Gasteiger partial charge in [0.2, 0.25) is 15.8 Å². The molecular weight excluding hydrogens is 404 g/mol. The van der Waals surface area contributed by atoms with Gasteiger partial charge in [-0.05, 0) is 37.5 Å². The van der Waals surface area contributed by atoms with E-state index in [1.54, 1.807) is 36.3 Å². The summed E-state index contributed by atoms with van der Waals surface area (Å²) >= 11 is 0. The predicted molar refractivity (Wildman–Crippen MR) is 111 cm³/mol. The van der Waals surface area contributed by atoms with Crippen molar-refractivity contribution >= 4 is 15.8 Å². The number of sulfonamides is 1. The zero-order valence-corrected chi connectivity index (χ0v) is 17.4. The van der Waals surface area contributed by atoms with Gasteiger partial charge in [0.15, 0.2) is 11.5 Å². The molecule has 2 aromatic heterocycles. The van der Waals surface area contributed by atoms with E-state index in [1.807, 2.05) is 6.92 Å². The summed E-state index contributed by atoms with van der Waals surface area (Å²) in [5.41, 5.74) is 8.01. The Morgan fingerprint density at radius 3 is 2.77 bits per heavy atom. The lowest BCUT2D eigenvalue weighted by molar-refractivity contribution is 0.279. The highest BCUT2D eigenvalue weighted by Gasteiger charge is 2.52. The number of nitrogens with two attached hydrogens (primary N) is 1. The van der Waals surface area contributed by atoms with E-state index in [4.69, 9.17) is 5.73 Å². The molecule has 2 saturated heterocycles. The van der Waals surface area contributed by atoms with Crippen molar-refractivity contribution in [3.05, 3.63) is 36.3 Å². The SMILES string of the molecule is Cc1ccc(S(=O)(=O)NC23CNC(C2)C3)cc1-c1cnc(N)c(-c2ncn(C)n2)n1. The Morgan fingerprint density at radius 2 is 2.10 bits per heavy atom. The van der Waals surface area contributed by atoms with E-state index in [0.717, 1.165) is 18.4 Å². The van der Waals surface area contributed by atoms with Crippen LogP contribution in [0.1, 0.15) is 18.4 Å². The van der Waals surface area contributed by atoms with Gasteiger partial charge in [-0.15, -0.1) is 5.10 Å². The largest absolute Gasteiger partial charge is 0.382 e. The standard InChI is InChI=1S/C19H22N8O2S/c1-11-3-4-13(30(28,29)26-19-6-12(7-19)22-9-19)5-14(11)15-8-21-17(20)16(24-15)18-23-10-27(2)25-18/h3-5,8,10,12,22,26H,6-7,9H2,1-2H3,(H2,20,21). The third kappa shape index (κ3) is 3.15. The summed E-state index contributed by atoms with van der Waals surface area (Å²) in [5.74, 6) is 0.570. The Hall–Kier alpha value is -2.89. The number of nitrogen functional groups attached to an aromatic ring is 1. The second-order valence-corrected chi connectivity index (χ2v) is 9.76. The van der Waals surface area contributed by atoms with Gasteiger partial charge in [-0.1, -0.05) is 6.07 Å². The van der Waals surface area contributed by atoms with E-state index in [2.05, 4.69) is 30.1 Å². The molecule has 0 amide bonds. The van der Waals surface area contributed by atoms with Gasteiger partial charge < -0.3 is 11.1 Å². The monoisotopic (exact) mass is 426 g/mol. The molecule has 1 aliphatic carbocycles. The van der Waals surface area contributed by atoms with Gasteiger partial charge in [-0.3, -0.25) is 4.68 Å². The molecule has 4 N–H and O–H groups in total. The van der Waals surface area contributed by atoms with E-state index < -0.39 is 10.0 Å². The number of anilines is 1. The molecule has 2 aliphatic heterocycles. The molecule has 156 valence electrons. The van der Waals surface area contributed by atoms with Crippen LogP contribution in [0.2, 0.25) is 0 Å². The Morgan fingerprint density at radius 1 is 1.30 bits per heavy atom. The van der Waals surface area contributed by atoms with E-state index in [1.165, 1.54) is 6.20 Å². The minimum atomic E-state index is -3.67. The fourth-order valence-electron chi connectivity index (χ4n) is 4.16. The first-order chi connectivity index (χ1) is 14.2. The van der Waals surface area contributed by atoms with Crippen molar-refractivity contribution < 1.29 is 8.42 Å². The maximum absolute atomic E-state index is 13.0. The van der Waals surface area contributed by atoms with Crippen molar-refractivity contribution in [3.63, 3.8) is 0 Å². The Bertz CT molecular complexity index is 1240. The van der Waals surface area contributed by atoms with Crippen LogP contribution in [0.25, 0.3) is 22.8 Å². The van der Waals surface area contributed by atoms with Crippen molar-refractivity contribution in [3.8, 4) is 22.8 Å². The lowest BCUT2D eigenvalue weighted by atomic mass is 9.79. The number of nitrogens with zero attached hydrogens (tertiary/aromatic N) is 5. The second-order valence-electron chi connectivity index (χ2n) is 8.08. The van der Waals surface area contributed by atoms with Crippen molar-refractivity contribution in [1.82, 2.24) is 34.8 Å². The molecule has 1 saturated carbocycles. The number of hydrogen-bond acceptors (Lipinski definition) is 8. The minimum Gasteiger partial charge on any atom is -0.382 e. The number of nitrogens with one attached hydrogen (secondary N) is 2. The summed E-state index contributed by atoms with van der Waals surface area (Å²) < 4.78 is 30.5. The summed E-state index contributed by atoms with van der Waals surface area (Å²) in [5, 5.41) is 7.55. The molecule has 0 radical (unpaired) electrons. The van der Waals surface area contributed by atoms with E-state index >= 15 is 0 Å². The zero-order valence-electron chi connectivity index (χ0n) is 16.6. The number of rotatable bonds is 5. The fourth-order valence-corrected chi connectivity index (χ4v) is 5.61. The van der Waals surface area contributed by atoms with Gasteiger partial charge in [0.25, 0.3) is 0 Å². The molecule has 4 heterocycles. The van der Waals surface area contributed by atoms with E-state index in [9.17, 15) is 8.42 Å². The molecule has 3 aliphatic rings. The van der Waals surface area contributed by atoms with Crippen molar-refractivity contribution in [2.24, 2.45) is 7.05 Å². The lowest BCUT2D eigenvalue weighted by Gasteiger charge is -2.37. The zero-order chi connectivity index (χ0) is 21.1. The van der Waals surface area contributed by atoms with Crippen LogP contribution in [0, 0.1) is 6.92 Å². The first-order valence-corrected chi connectivity index (χ1v) is 11.1. The third-order valence-electron chi connectivity index (χ3n) is 5.76. The van der Waals surface area contributed by atoms with Crippen molar-refractivity contribution in [2.75, 3.05) is 12.3 Å². The highest BCUT2D eigenvalue weighted by Crippen LogP contribution is 2.39. The smallest absolute Gasteiger partial charge is 0.241 e. The average Bonchev–Trinajstić information content (AvgIpc) is 3.38. The summed E-state index contributed by atoms with van der Waals surface area (Å²) in [6, 6.07) is 5.43. The molecule has 0 spiro atoms. The van der Waals surface area contributed by atoms with Crippen LogP contribution in [0.15, 0.2) is 35.6 Å². The average molecular weight is 427 g/mol. The molecule has 0 atom stereocenters. The van der Waals surface area contributed by atoms with Crippen LogP contribution in [-0.2, 0) is 17.1 Å². The molecule has 0 unspecified atom stereocenters. The maximum Gasteiger partial charge on any atom is 0.241 e. The van der Waals surface area contributed by atoms with E-state index in [0.29, 0.717) is 35.4 Å². The normalized spacial score (nSPS) is 22.8. The first kappa shape index (κ1) is 19.1. The van der Waals surface area contributed by atoms with Crippen LogP contribution in [0.5, 0.6) is 0 Å². The highest BCUT2D eigenvalue weighted by molar-refractivity contribution is 7.89. The van der Waals surface area contributed by atoms with Gasteiger partial charge in [-0.25, -0.2) is 28.1 Å². The Labute approximate surface area is 174 Å². The molecule has 10 nitrogen and oxygen atoms in total. The Balaban J connectivity index is 1.52. The quantitative estimate of drug-likeness (QED) is 0.539. The number of benzene rings is 1. The van der Waals surface area contributed by atoms with E-state index in [-0.39, 0.29) is 16.3 Å². The van der Waals surface area contributed by atoms with Crippen molar-refractivity contribution in [1.29, 1.82) is 0 Å². The number of hydrogen-bond donors (Lipinski definition) is 3. The lowest BCUT2D eigenvalue weighted by Crippen LogP contribution is -2.54. The Kier molecular flexibility index (Phi) is 4.17. The van der Waals surface area contributed by atoms with Gasteiger partial charge in [0.05, 0.1) is 16.8 Å². The number of aryl methyl sites for hydroxylation is 2. The van der Waals surface area contributed by atoms with Crippen LogP contribution < -0.4 is 15.8 Å². The molecule has 6 rings (SSSR count). The molecule has 11 heteroatoms. The molecule has 3 fully saturated rings. The third-order valence-corrected chi connectivity index (χ3v) is 7.34. The molecule has 30 heavy (non-hydrogen) atoms. The topological polar surface area (TPSA) is 141 Å². The maximum atomic E-state index is 13.0. The summed E-state index contributed by atoms with van der Waals surface area (Å²) in [4.78, 5) is 13.2. The first-order valence-electron chi connectivity index (χ1n) is 9.62. The van der Waals surface area contributed by atoms with Gasteiger partial charge in [0.1, 0.15) is 6.33 Å². The summed E-state index contributed by atoms with van der Waals surface area (Å²) in [7, 11) is -1.92. The van der Waals surface area contributed by atoms with Gasteiger partial charge in [0, 0.05) is 30.7 Å². The number of aromatic nitrogens is 5. The summed E-state index contributed by atoms with van der Waals surface area (Å²) in [6.45, 7) is 2.56. The van der Waals surface area contributed by atoms with Crippen LogP contribution in [0.3, 0.4) is 0 Å². The molecule has 2 bridgehead atoms. The molecule has 3 aromatic rings. The van der Waals surface area contributed by atoms with Crippen LogP contribution in [-0.4, -0.2) is 51.3 Å². The number of fused-ring (bicyclic) bond motifs is 1. The highest BCUT2D eigenvalue weighted by atomic mass is 32.2. The van der Waals surface area contributed by atoms with Crippen LogP contribution >= 0.6 is 0 Å². The van der Waals surface area contributed by atoms with Crippen LogP contribution in [0.4, 0.5) is 5.82 Å². The fraction of sp³-hybridized carbons (Fsp3) is 0.368. The molecule has 1 aromatic carbocycles. The molecular formula is C19H22N8O2S. The predicted octanol–water partition coefficient (Wildman–Crippen LogP) is 0.612. The van der Waals surface area contributed by atoms with Gasteiger partial charge in [-0.2, -0.15) is 0 Å². The van der Waals surface area contributed by atoms with Crippen molar-refractivity contribution in [2.45, 2.75) is 36.2 Å². The second kappa shape index (κ2) is 6.56.